The molecule has 22 heavy (non-hydrogen) atoms. The van der Waals surface area contributed by atoms with Crippen LogP contribution in [0.2, 0.25) is 0 Å². The van der Waals surface area contributed by atoms with Gasteiger partial charge in [0.15, 0.2) is 0 Å². The Kier molecular flexibility index (Phi) is 2.39. The normalized spacial score (nSPS) is 21.0. The second kappa shape index (κ2) is 4.17. The number of nitro groups is 1. The van der Waals surface area contributed by atoms with Crippen LogP contribution in [0.1, 0.15) is 21.5 Å². The van der Waals surface area contributed by atoms with E-state index < -0.39 is 16.7 Å². The number of esters is 1. The van der Waals surface area contributed by atoms with E-state index in [0.717, 1.165) is 0 Å². The number of carbonyl (C=O) groups excluding carboxylic acids is 1. The molecule has 0 N–H and O–H groups in total. The lowest BCUT2D eigenvalue weighted by Crippen LogP contribution is -2.32. The van der Waals surface area contributed by atoms with Gasteiger partial charge in [0.05, 0.1) is 16.1 Å². The van der Waals surface area contributed by atoms with E-state index in [-0.39, 0.29) is 5.69 Å². The van der Waals surface area contributed by atoms with Crippen molar-refractivity contribution in [2.24, 2.45) is 0 Å². The van der Waals surface area contributed by atoms with Crippen molar-refractivity contribution in [3.8, 4) is 5.75 Å². The van der Waals surface area contributed by atoms with E-state index in [0.29, 0.717) is 22.4 Å². The van der Waals surface area contributed by atoms with Crippen LogP contribution in [0.3, 0.4) is 0 Å². The lowest BCUT2D eigenvalue weighted by molar-refractivity contribution is -0.384. The van der Waals surface area contributed by atoms with Crippen molar-refractivity contribution in [3.63, 3.8) is 0 Å². The van der Waals surface area contributed by atoms with Gasteiger partial charge in [0.1, 0.15) is 5.75 Å². The van der Waals surface area contributed by atoms with Crippen molar-refractivity contribution in [3.05, 3.63) is 75.3 Å². The number of rotatable bonds is 1. The molecule has 2 aliphatic rings. The van der Waals surface area contributed by atoms with Gasteiger partial charge in [-0.15, -0.1) is 0 Å². The molecule has 4 rings (SSSR count). The largest absolute Gasteiger partial charge is 0.444 e. The number of benzene rings is 2. The highest BCUT2D eigenvalue weighted by molar-refractivity contribution is 5.95. The summed E-state index contributed by atoms with van der Waals surface area (Å²) in [5.74, 6) is -1.32. The second-order valence-corrected chi connectivity index (χ2v) is 5.02. The fourth-order valence-electron chi connectivity index (χ4n) is 2.68. The molecule has 6 nitrogen and oxygen atoms in total. The summed E-state index contributed by atoms with van der Waals surface area (Å²) in [5.41, 5.74) is 1.63. The van der Waals surface area contributed by atoms with Crippen LogP contribution in [0.4, 0.5) is 5.69 Å². The molecule has 2 aromatic carbocycles. The van der Waals surface area contributed by atoms with E-state index in [1.165, 1.54) is 18.2 Å². The zero-order valence-electron chi connectivity index (χ0n) is 11.2. The van der Waals surface area contributed by atoms with Crippen LogP contribution in [-0.2, 0) is 10.5 Å². The average Bonchev–Trinajstić information content (AvgIpc) is 2.79. The van der Waals surface area contributed by atoms with Crippen LogP contribution in [-0.4, -0.2) is 10.9 Å². The minimum Gasteiger partial charge on any atom is -0.444 e. The number of carbonyl (C=O) groups is 1. The first kappa shape index (κ1) is 12.6. The molecule has 1 atom stereocenters. The molecule has 0 saturated heterocycles. The molecule has 0 aliphatic carbocycles. The van der Waals surface area contributed by atoms with Crippen LogP contribution in [0.15, 0.2) is 48.5 Å². The molecule has 1 spiro atoms. The molecule has 0 radical (unpaired) electrons. The highest BCUT2D eigenvalue weighted by atomic mass is 16.7. The first-order valence-corrected chi connectivity index (χ1v) is 6.59. The summed E-state index contributed by atoms with van der Waals surface area (Å²) in [7, 11) is 0. The van der Waals surface area contributed by atoms with Crippen LogP contribution < -0.4 is 4.74 Å². The van der Waals surface area contributed by atoms with Gasteiger partial charge in [-0.3, -0.25) is 10.1 Å². The zero-order valence-corrected chi connectivity index (χ0v) is 11.2. The van der Waals surface area contributed by atoms with Crippen LogP contribution in [0.25, 0.3) is 6.08 Å². The molecule has 6 heteroatoms. The Morgan fingerprint density at radius 2 is 1.91 bits per heavy atom. The lowest BCUT2D eigenvalue weighted by Gasteiger charge is -2.30. The van der Waals surface area contributed by atoms with E-state index in [4.69, 9.17) is 9.47 Å². The van der Waals surface area contributed by atoms with E-state index in [2.05, 4.69) is 0 Å². The number of non-ortho nitro benzene ring substituents is 1. The maximum Gasteiger partial charge on any atom is 0.342 e. The summed E-state index contributed by atoms with van der Waals surface area (Å²) in [6.45, 7) is 0. The van der Waals surface area contributed by atoms with Crippen molar-refractivity contribution in [2.75, 3.05) is 0 Å². The predicted octanol–water partition coefficient (Wildman–Crippen LogP) is 3.02. The molecule has 0 fully saturated rings. The standard InChI is InChI=1S/C16H9NO5/c18-15-12-3-1-2-4-13(12)16(22-15)8-7-10-9-11(17(19)20)5-6-14(10)21-16/h1-9H. The minimum atomic E-state index is -1.29. The monoisotopic (exact) mass is 295 g/mol. The first-order valence-electron chi connectivity index (χ1n) is 6.59. The number of ether oxygens (including phenoxy) is 2. The summed E-state index contributed by atoms with van der Waals surface area (Å²) in [6, 6.07) is 11.3. The van der Waals surface area contributed by atoms with Gasteiger partial charge in [-0.1, -0.05) is 12.1 Å². The van der Waals surface area contributed by atoms with Gasteiger partial charge in [-0.25, -0.2) is 4.79 Å². The van der Waals surface area contributed by atoms with E-state index in [9.17, 15) is 14.9 Å². The SMILES string of the molecule is O=C1OC2(C=Cc3cc([N+](=O)[O-])ccc3O2)c2ccccc21. The van der Waals surface area contributed by atoms with Crippen molar-refractivity contribution in [1.29, 1.82) is 0 Å². The molecule has 108 valence electrons. The Balaban J connectivity index is 1.82. The highest BCUT2D eigenvalue weighted by Gasteiger charge is 2.47. The predicted molar refractivity (Wildman–Crippen MR) is 76.3 cm³/mol. The molecule has 2 aliphatic heterocycles. The molecule has 2 aromatic rings. The number of fused-ring (bicyclic) bond motifs is 3. The van der Waals surface area contributed by atoms with Gasteiger partial charge < -0.3 is 9.47 Å². The van der Waals surface area contributed by atoms with Crippen molar-refractivity contribution in [2.45, 2.75) is 5.79 Å². The van der Waals surface area contributed by atoms with Crippen molar-refractivity contribution >= 4 is 17.7 Å². The molecular formula is C16H9NO5. The van der Waals surface area contributed by atoms with E-state index in [1.54, 1.807) is 36.4 Å². The third-order valence-corrected chi connectivity index (χ3v) is 3.71. The molecular weight excluding hydrogens is 286 g/mol. The number of nitrogens with zero attached hydrogens (tertiary/aromatic N) is 1. The Hall–Kier alpha value is -3.15. The number of hydrogen-bond donors (Lipinski definition) is 0. The third kappa shape index (κ3) is 1.64. The number of hydrogen-bond acceptors (Lipinski definition) is 5. The van der Waals surface area contributed by atoms with Gasteiger partial charge in [0.25, 0.3) is 5.69 Å². The maximum absolute atomic E-state index is 12.0. The molecule has 0 bridgehead atoms. The van der Waals surface area contributed by atoms with Crippen molar-refractivity contribution in [1.82, 2.24) is 0 Å². The topological polar surface area (TPSA) is 78.7 Å². The van der Waals surface area contributed by atoms with Crippen molar-refractivity contribution < 1.29 is 19.2 Å². The Bertz CT molecular complexity index is 857. The third-order valence-electron chi connectivity index (χ3n) is 3.71. The molecule has 0 aromatic heterocycles. The van der Waals surface area contributed by atoms with Gasteiger partial charge >= 0.3 is 11.8 Å². The second-order valence-electron chi connectivity index (χ2n) is 5.02. The summed E-state index contributed by atoms with van der Waals surface area (Å²) >= 11 is 0. The number of nitro benzene ring substituents is 1. The molecule has 0 saturated carbocycles. The maximum atomic E-state index is 12.0. The molecule has 2 heterocycles. The minimum absolute atomic E-state index is 0.0215. The van der Waals surface area contributed by atoms with Crippen LogP contribution in [0.5, 0.6) is 5.75 Å². The molecule has 1 unspecified atom stereocenters. The Morgan fingerprint density at radius 1 is 1.09 bits per heavy atom. The van der Waals surface area contributed by atoms with E-state index >= 15 is 0 Å². The fraction of sp³-hybridized carbons (Fsp3) is 0.0625. The quantitative estimate of drug-likeness (QED) is 0.459. The molecule has 0 amide bonds. The first-order chi connectivity index (χ1) is 10.6. The van der Waals surface area contributed by atoms with Gasteiger partial charge in [-0.05, 0) is 24.3 Å². The van der Waals surface area contributed by atoms with Crippen LogP contribution >= 0.6 is 0 Å². The summed E-state index contributed by atoms with van der Waals surface area (Å²) in [6.07, 6.45) is 3.27. The lowest BCUT2D eigenvalue weighted by atomic mass is 9.98. The average molecular weight is 295 g/mol. The summed E-state index contributed by atoms with van der Waals surface area (Å²) in [5, 5.41) is 10.8. The van der Waals surface area contributed by atoms with Gasteiger partial charge in [0, 0.05) is 23.8 Å². The summed E-state index contributed by atoms with van der Waals surface area (Å²) < 4.78 is 11.3. The summed E-state index contributed by atoms with van der Waals surface area (Å²) in [4.78, 5) is 22.3. The van der Waals surface area contributed by atoms with Crippen LogP contribution in [0, 0.1) is 10.1 Å². The fourth-order valence-corrected chi connectivity index (χ4v) is 2.68. The van der Waals surface area contributed by atoms with Gasteiger partial charge in [0.2, 0.25) is 0 Å². The Morgan fingerprint density at radius 3 is 2.73 bits per heavy atom. The smallest absolute Gasteiger partial charge is 0.342 e. The zero-order chi connectivity index (χ0) is 15.3. The van der Waals surface area contributed by atoms with E-state index in [1.807, 2.05) is 0 Å². The highest BCUT2D eigenvalue weighted by Crippen LogP contribution is 2.44. The van der Waals surface area contributed by atoms with Gasteiger partial charge in [-0.2, -0.15) is 0 Å². The Labute approximate surface area is 124 Å².